The van der Waals surface area contributed by atoms with Gasteiger partial charge in [0.15, 0.2) is 0 Å². The number of pyridine rings is 1. The molecule has 0 aliphatic heterocycles. The first-order valence-corrected chi connectivity index (χ1v) is 7.24. The van der Waals surface area contributed by atoms with Crippen LogP contribution in [-0.4, -0.2) is 35.9 Å². The summed E-state index contributed by atoms with van der Waals surface area (Å²) >= 11 is 0. The number of carbonyl (C=O) groups excluding carboxylic acids is 1. The Labute approximate surface area is 122 Å². The van der Waals surface area contributed by atoms with Crippen LogP contribution in [0.25, 0.3) is 0 Å². The average molecular weight is 277 g/mol. The molecule has 1 N–H and O–H groups in total. The molecule has 0 aliphatic carbocycles. The van der Waals surface area contributed by atoms with Gasteiger partial charge in [0.2, 0.25) is 0 Å². The number of hydrogen-bond acceptors (Lipinski definition) is 3. The summed E-state index contributed by atoms with van der Waals surface area (Å²) in [5.74, 6) is 1.51. The van der Waals surface area contributed by atoms with Gasteiger partial charge in [-0.25, -0.2) is 4.98 Å². The van der Waals surface area contributed by atoms with Crippen molar-refractivity contribution in [2.24, 2.45) is 5.92 Å². The molecule has 20 heavy (non-hydrogen) atoms. The second kappa shape index (κ2) is 6.73. The maximum Gasteiger partial charge on any atom is 0.254 e. The fourth-order valence-electron chi connectivity index (χ4n) is 1.94. The van der Waals surface area contributed by atoms with Crippen molar-refractivity contribution < 1.29 is 4.79 Å². The Hall–Kier alpha value is -1.58. The summed E-state index contributed by atoms with van der Waals surface area (Å²) in [5.41, 5.74) is 1.63. The van der Waals surface area contributed by atoms with Gasteiger partial charge in [-0.2, -0.15) is 0 Å². The standard InChI is InChI=1S/C16H27N3O/c1-10(2)12(5)19(7)16(20)13-8-14(11(3)4)18-15(9-13)17-6/h8-12H,1-7H3,(H,17,18). The quantitative estimate of drug-likeness (QED) is 0.897. The van der Waals surface area contributed by atoms with E-state index in [-0.39, 0.29) is 11.9 Å². The lowest BCUT2D eigenvalue weighted by molar-refractivity contribution is 0.0707. The van der Waals surface area contributed by atoms with Crippen LogP contribution in [0.5, 0.6) is 0 Å². The lowest BCUT2D eigenvalue weighted by Gasteiger charge is -2.28. The van der Waals surface area contributed by atoms with Crippen LogP contribution in [0.4, 0.5) is 5.82 Å². The molecule has 1 atom stereocenters. The zero-order valence-electron chi connectivity index (χ0n) is 13.7. The molecule has 0 aliphatic rings. The third kappa shape index (κ3) is 3.71. The monoisotopic (exact) mass is 277 g/mol. The first-order valence-electron chi connectivity index (χ1n) is 7.24. The van der Waals surface area contributed by atoms with Gasteiger partial charge in [-0.15, -0.1) is 0 Å². The van der Waals surface area contributed by atoms with Crippen molar-refractivity contribution in [2.45, 2.75) is 46.6 Å². The van der Waals surface area contributed by atoms with Gasteiger partial charge in [0.05, 0.1) is 0 Å². The minimum Gasteiger partial charge on any atom is -0.373 e. The molecule has 0 radical (unpaired) electrons. The largest absolute Gasteiger partial charge is 0.373 e. The number of nitrogens with zero attached hydrogens (tertiary/aromatic N) is 2. The van der Waals surface area contributed by atoms with E-state index in [1.165, 1.54) is 0 Å². The molecule has 1 amide bonds. The van der Waals surface area contributed by atoms with Crippen molar-refractivity contribution in [1.29, 1.82) is 0 Å². The molecular formula is C16H27N3O. The van der Waals surface area contributed by atoms with Crippen LogP contribution >= 0.6 is 0 Å². The third-order valence-corrected chi connectivity index (χ3v) is 3.84. The zero-order chi connectivity index (χ0) is 15.4. The van der Waals surface area contributed by atoms with E-state index in [1.807, 2.05) is 31.1 Å². The van der Waals surface area contributed by atoms with Crippen molar-refractivity contribution >= 4 is 11.7 Å². The predicted molar refractivity (Wildman–Crippen MR) is 84.3 cm³/mol. The Morgan fingerprint density at radius 3 is 2.25 bits per heavy atom. The van der Waals surface area contributed by atoms with Gasteiger partial charge in [0, 0.05) is 31.4 Å². The average Bonchev–Trinajstić information content (AvgIpc) is 2.43. The molecule has 0 bridgehead atoms. The van der Waals surface area contributed by atoms with Crippen LogP contribution < -0.4 is 5.32 Å². The van der Waals surface area contributed by atoms with Gasteiger partial charge in [0.1, 0.15) is 5.82 Å². The van der Waals surface area contributed by atoms with Crippen molar-refractivity contribution in [3.8, 4) is 0 Å². The first-order chi connectivity index (χ1) is 9.27. The fraction of sp³-hybridized carbons (Fsp3) is 0.625. The highest BCUT2D eigenvalue weighted by molar-refractivity contribution is 5.95. The van der Waals surface area contributed by atoms with E-state index in [2.05, 4.69) is 44.9 Å². The van der Waals surface area contributed by atoms with Crippen molar-refractivity contribution in [1.82, 2.24) is 9.88 Å². The van der Waals surface area contributed by atoms with Crippen LogP contribution in [0.2, 0.25) is 0 Å². The second-order valence-corrected chi connectivity index (χ2v) is 5.97. The SMILES string of the molecule is CNc1cc(C(=O)N(C)C(C)C(C)C)cc(C(C)C)n1. The minimum absolute atomic E-state index is 0.0481. The zero-order valence-corrected chi connectivity index (χ0v) is 13.7. The summed E-state index contributed by atoms with van der Waals surface area (Å²) in [6, 6.07) is 3.92. The number of rotatable bonds is 5. The van der Waals surface area contributed by atoms with Gasteiger partial charge in [-0.3, -0.25) is 4.79 Å². The van der Waals surface area contributed by atoms with E-state index in [0.29, 0.717) is 17.4 Å². The number of amides is 1. The smallest absolute Gasteiger partial charge is 0.254 e. The van der Waals surface area contributed by atoms with Crippen molar-refractivity contribution in [2.75, 3.05) is 19.4 Å². The van der Waals surface area contributed by atoms with Gasteiger partial charge >= 0.3 is 0 Å². The molecule has 4 nitrogen and oxygen atoms in total. The molecule has 4 heteroatoms. The Balaban J connectivity index is 3.12. The normalized spacial score (nSPS) is 12.7. The minimum atomic E-state index is 0.0481. The molecule has 0 saturated heterocycles. The maximum absolute atomic E-state index is 12.6. The summed E-state index contributed by atoms with van der Waals surface area (Å²) in [6.45, 7) is 10.5. The summed E-state index contributed by atoms with van der Waals surface area (Å²) in [7, 11) is 3.68. The summed E-state index contributed by atoms with van der Waals surface area (Å²) in [5, 5.41) is 3.03. The Bertz CT molecular complexity index is 469. The first kappa shape index (κ1) is 16.5. The lowest BCUT2D eigenvalue weighted by atomic mass is 10.0. The number of aromatic nitrogens is 1. The Morgan fingerprint density at radius 1 is 1.20 bits per heavy atom. The fourth-order valence-corrected chi connectivity index (χ4v) is 1.94. The molecule has 1 rings (SSSR count). The number of anilines is 1. The van der Waals surface area contributed by atoms with E-state index in [0.717, 1.165) is 11.5 Å². The highest BCUT2D eigenvalue weighted by Crippen LogP contribution is 2.20. The summed E-state index contributed by atoms with van der Waals surface area (Å²) in [4.78, 5) is 18.9. The molecule has 1 aromatic rings. The van der Waals surface area contributed by atoms with Gasteiger partial charge in [-0.05, 0) is 30.9 Å². The van der Waals surface area contributed by atoms with Crippen molar-refractivity contribution in [3.63, 3.8) is 0 Å². The Kier molecular flexibility index (Phi) is 5.54. The van der Waals surface area contributed by atoms with E-state index in [1.54, 1.807) is 0 Å². The molecular weight excluding hydrogens is 250 g/mol. The van der Waals surface area contributed by atoms with E-state index in [9.17, 15) is 4.79 Å². The maximum atomic E-state index is 12.6. The number of nitrogens with one attached hydrogen (secondary N) is 1. The Morgan fingerprint density at radius 2 is 1.80 bits per heavy atom. The molecule has 0 saturated carbocycles. The molecule has 112 valence electrons. The molecule has 1 aromatic heterocycles. The third-order valence-electron chi connectivity index (χ3n) is 3.84. The van der Waals surface area contributed by atoms with Crippen LogP contribution in [0.15, 0.2) is 12.1 Å². The molecule has 1 unspecified atom stereocenters. The summed E-state index contributed by atoms with van der Waals surface area (Å²) < 4.78 is 0. The number of carbonyl (C=O) groups is 1. The molecule has 0 fully saturated rings. The molecule has 0 spiro atoms. The molecule has 1 heterocycles. The highest BCUT2D eigenvalue weighted by atomic mass is 16.2. The van der Waals surface area contributed by atoms with Crippen LogP contribution in [-0.2, 0) is 0 Å². The van der Waals surface area contributed by atoms with E-state index < -0.39 is 0 Å². The van der Waals surface area contributed by atoms with Gasteiger partial charge in [0.25, 0.3) is 5.91 Å². The topological polar surface area (TPSA) is 45.2 Å². The summed E-state index contributed by atoms with van der Waals surface area (Å²) in [6.07, 6.45) is 0. The van der Waals surface area contributed by atoms with Gasteiger partial charge in [-0.1, -0.05) is 27.7 Å². The van der Waals surface area contributed by atoms with Crippen LogP contribution in [0.1, 0.15) is 56.6 Å². The van der Waals surface area contributed by atoms with Crippen LogP contribution in [0.3, 0.4) is 0 Å². The van der Waals surface area contributed by atoms with Gasteiger partial charge < -0.3 is 10.2 Å². The lowest BCUT2D eigenvalue weighted by Crippen LogP contribution is -2.38. The van der Waals surface area contributed by atoms with E-state index >= 15 is 0 Å². The van der Waals surface area contributed by atoms with Crippen LogP contribution in [0, 0.1) is 5.92 Å². The van der Waals surface area contributed by atoms with Crippen molar-refractivity contribution in [3.05, 3.63) is 23.4 Å². The highest BCUT2D eigenvalue weighted by Gasteiger charge is 2.21. The second-order valence-electron chi connectivity index (χ2n) is 5.97. The molecule has 0 aromatic carbocycles. The van der Waals surface area contributed by atoms with E-state index in [4.69, 9.17) is 0 Å². The predicted octanol–water partition coefficient (Wildman–Crippen LogP) is 3.36. The number of hydrogen-bond donors (Lipinski definition) is 1.